The summed E-state index contributed by atoms with van der Waals surface area (Å²) in [5.74, 6) is -0.954. The van der Waals surface area contributed by atoms with Gasteiger partial charge in [-0.15, -0.1) is 0 Å². The first-order valence-electron chi connectivity index (χ1n) is 19.3. The molecule has 11 heteroatoms. The van der Waals surface area contributed by atoms with Crippen LogP contribution in [0, 0.1) is 5.92 Å². The van der Waals surface area contributed by atoms with Crippen molar-refractivity contribution < 1.29 is 24.2 Å². The third kappa shape index (κ3) is 7.03. The van der Waals surface area contributed by atoms with Crippen LogP contribution in [0.25, 0.3) is 16.5 Å². The van der Waals surface area contributed by atoms with Crippen LogP contribution in [-0.2, 0) is 32.9 Å². The zero-order valence-electron chi connectivity index (χ0n) is 32.7. The SMILES string of the molecule is CC(C)=CCC/C(C)=C/CN1C(=O)[C@@]2(O[C@@H](CC(=O)N3Cc4ccccc4C[C@H]3CO)[C@H]([Si](C)(C)O)[C@H]2C)c2cc(-n3ncc4ccccc4c3=O)ccc21. The fraction of sp³-hybridized carbons (Fsp3) is 0.409. The fourth-order valence-corrected chi connectivity index (χ4v) is 11.7. The van der Waals surface area contributed by atoms with E-state index in [1.54, 1.807) is 28.1 Å². The van der Waals surface area contributed by atoms with E-state index in [0.717, 1.165) is 34.9 Å². The summed E-state index contributed by atoms with van der Waals surface area (Å²) in [6.45, 7) is 12.4. The smallest absolute Gasteiger partial charge is 0.279 e. The summed E-state index contributed by atoms with van der Waals surface area (Å²) in [6, 6.07) is 20.4. The number of ether oxygens (including phenoxy) is 1. The molecule has 0 radical (unpaired) electrons. The molecular formula is C44H52N4O6Si. The third-order valence-corrected chi connectivity index (χ3v) is 14.4. The molecule has 0 saturated carbocycles. The Morgan fingerprint density at radius 1 is 1.02 bits per heavy atom. The lowest BCUT2D eigenvalue weighted by Gasteiger charge is -2.37. The van der Waals surface area contributed by atoms with Crippen LogP contribution in [0.5, 0.6) is 0 Å². The van der Waals surface area contributed by atoms with Crippen molar-refractivity contribution in [2.45, 2.75) is 96.3 Å². The normalized spacial score (nSPS) is 23.7. The maximum atomic E-state index is 15.1. The van der Waals surface area contributed by atoms with Gasteiger partial charge in [-0.3, -0.25) is 14.4 Å². The molecule has 10 nitrogen and oxygen atoms in total. The molecule has 4 aromatic rings. The summed E-state index contributed by atoms with van der Waals surface area (Å²) in [6.07, 6.45) is 7.43. The second-order valence-electron chi connectivity index (χ2n) is 16.3. The molecule has 55 heavy (non-hydrogen) atoms. The maximum Gasteiger partial charge on any atom is 0.279 e. The number of fused-ring (bicyclic) bond motifs is 4. The molecule has 2 amide bonds. The predicted octanol–water partition coefficient (Wildman–Crippen LogP) is 6.56. The van der Waals surface area contributed by atoms with Gasteiger partial charge in [-0.2, -0.15) is 9.78 Å². The van der Waals surface area contributed by atoms with Gasteiger partial charge in [0.2, 0.25) is 5.91 Å². The molecule has 7 rings (SSSR count). The van der Waals surface area contributed by atoms with Gasteiger partial charge in [0.05, 0.1) is 48.1 Å². The van der Waals surface area contributed by atoms with Crippen molar-refractivity contribution in [3.05, 3.63) is 123 Å². The second kappa shape index (κ2) is 15.1. The number of rotatable bonds is 10. The van der Waals surface area contributed by atoms with Gasteiger partial charge in [0.15, 0.2) is 13.9 Å². The summed E-state index contributed by atoms with van der Waals surface area (Å²) < 4.78 is 8.41. The minimum atomic E-state index is -3.09. The molecule has 3 aliphatic rings. The molecule has 1 saturated heterocycles. The third-order valence-electron chi connectivity index (χ3n) is 11.9. The van der Waals surface area contributed by atoms with E-state index in [1.807, 2.05) is 74.6 Å². The fourth-order valence-electron chi connectivity index (χ4n) is 9.12. The van der Waals surface area contributed by atoms with E-state index in [1.165, 1.54) is 10.3 Å². The van der Waals surface area contributed by atoms with Crippen molar-refractivity contribution in [3.63, 3.8) is 0 Å². The quantitative estimate of drug-likeness (QED) is 0.139. The molecule has 0 unspecified atom stereocenters. The molecule has 1 aromatic heterocycles. The lowest BCUT2D eigenvalue weighted by atomic mass is 9.82. The van der Waals surface area contributed by atoms with Gasteiger partial charge in [-0.25, -0.2) is 0 Å². The molecule has 2 N–H and O–H groups in total. The van der Waals surface area contributed by atoms with Crippen molar-refractivity contribution in [3.8, 4) is 5.69 Å². The van der Waals surface area contributed by atoms with Crippen molar-refractivity contribution in [1.82, 2.24) is 14.7 Å². The highest BCUT2D eigenvalue weighted by atomic mass is 28.4. The summed E-state index contributed by atoms with van der Waals surface area (Å²) in [7, 11) is -3.09. The van der Waals surface area contributed by atoms with Crippen molar-refractivity contribution in [2.75, 3.05) is 18.1 Å². The average molecular weight is 761 g/mol. The van der Waals surface area contributed by atoms with Crippen LogP contribution in [0.3, 0.4) is 0 Å². The van der Waals surface area contributed by atoms with Gasteiger partial charge in [-0.1, -0.05) is 72.7 Å². The van der Waals surface area contributed by atoms with Crippen molar-refractivity contribution in [2.24, 2.45) is 5.92 Å². The summed E-state index contributed by atoms with van der Waals surface area (Å²) in [5.41, 5.74) is 4.03. The van der Waals surface area contributed by atoms with Crippen molar-refractivity contribution >= 4 is 36.6 Å². The topological polar surface area (TPSA) is 125 Å². The Balaban J connectivity index is 1.29. The van der Waals surface area contributed by atoms with Crippen LogP contribution in [-0.4, -0.2) is 70.0 Å². The Kier molecular flexibility index (Phi) is 10.6. The molecule has 3 aromatic carbocycles. The minimum Gasteiger partial charge on any atom is -0.432 e. The Bertz CT molecular complexity index is 2250. The monoisotopic (exact) mass is 760 g/mol. The predicted molar refractivity (Wildman–Crippen MR) is 217 cm³/mol. The van der Waals surface area contributed by atoms with E-state index in [9.17, 15) is 19.5 Å². The van der Waals surface area contributed by atoms with Crippen LogP contribution in [0.1, 0.15) is 63.6 Å². The van der Waals surface area contributed by atoms with Crippen LogP contribution >= 0.6 is 0 Å². The average Bonchev–Trinajstić information content (AvgIpc) is 3.58. The zero-order valence-corrected chi connectivity index (χ0v) is 33.7. The molecule has 0 aliphatic carbocycles. The number of aliphatic hydroxyl groups is 1. The van der Waals surface area contributed by atoms with Gasteiger partial charge >= 0.3 is 0 Å². The Morgan fingerprint density at radius 3 is 2.47 bits per heavy atom. The summed E-state index contributed by atoms with van der Waals surface area (Å²) >= 11 is 0. The first kappa shape index (κ1) is 38.6. The molecule has 0 bridgehead atoms. The minimum absolute atomic E-state index is 0.0518. The number of anilines is 1. The van der Waals surface area contributed by atoms with E-state index >= 15 is 4.79 Å². The highest BCUT2D eigenvalue weighted by molar-refractivity contribution is 6.71. The van der Waals surface area contributed by atoms with Crippen LogP contribution < -0.4 is 10.5 Å². The number of carbonyl (C=O) groups excluding carboxylic acids is 2. The van der Waals surface area contributed by atoms with Gasteiger partial charge in [0.1, 0.15) is 0 Å². The number of nitrogens with zero attached hydrogens (tertiary/aromatic N) is 4. The molecule has 1 fully saturated rings. The van der Waals surface area contributed by atoms with Crippen LogP contribution in [0.15, 0.2) is 101 Å². The highest BCUT2D eigenvalue weighted by Crippen LogP contribution is 2.60. The van der Waals surface area contributed by atoms with E-state index < -0.39 is 31.5 Å². The van der Waals surface area contributed by atoms with Crippen molar-refractivity contribution in [1.29, 1.82) is 0 Å². The number of aliphatic hydroxyl groups excluding tert-OH is 1. The number of allylic oxidation sites excluding steroid dienone is 3. The molecule has 5 atom stereocenters. The number of hydrogen-bond donors (Lipinski definition) is 2. The first-order chi connectivity index (χ1) is 26.2. The van der Waals surface area contributed by atoms with E-state index in [4.69, 9.17) is 4.74 Å². The van der Waals surface area contributed by atoms with Gasteiger partial charge in [-0.05, 0) is 88.5 Å². The Labute approximate surface area is 323 Å². The van der Waals surface area contributed by atoms with Gasteiger partial charge in [0, 0.05) is 35.5 Å². The standard InChI is InChI=1S/C44H52N4O6Si/c1-28(2)12-11-13-29(3)20-21-46-38-19-18-34(48-42(51)36-17-10-9-15-32(36)25-45-48)23-37(38)44(43(46)52)30(4)41(55(5,6)53)39(54-44)24-40(50)47-26-33-16-8-7-14-31(33)22-35(47)27-49/h7-10,12,14-20,23,25,30,35,39,41,49,53H,11,13,21-22,24,26-27H2,1-6H3/b29-20+/t30-,35+,39+,41-,44+/m1/s1. The molecule has 1 spiro atoms. The Morgan fingerprint density at radius 2 is 1.75 bits per heavy atom. The van der Waals surface area contributed by atoms with Crippen LogP contribution in [0.2, 0.25) is 18.6 Å². The number of amides is 2. The highest BCUT2D eigenvalue weighted by Gasteiger charge is 2.66. The molecular weight excluding hydrogens is 709 g/mol. The molecule has 3 aliphatic heterocycles. The largest absolute Gasteiger partial charge is 0.432 e. The number of benzene rings is 3. The second-order valence-corrected chi connectivity index (χ2v) is 20.3. The maximum absolute atomic E-state index is 15.1. The summed E-state index contributed by atoms with van der Waals surface area (Å²) in [4.78, 5) is 58.6. The van der Waals surface area contributed by atoms with E-state index in [-0.39, 0.29) is 36.4 Å². The lowest BCUT2D eigenvalue weighted by Crippen LogP contribution is -2.48. The number of carbonyl (C=O) groups is 2. The van der Waals surface area contributed by atoms with E-state index in [0.29, 0.717) is 41.8 Å². The first-order valence-corrected chi connectivity index (χ1v) is 22.4. The summed E-state index contributed by atoms with van der Waals surface area (Å²) in [5, 5.41) is 16.1. The lowest BCUT2D eigenvalue weighted by molar-refractivity contribution is -0.150. The van der Waals surface area contributed by atoms with Crippen LogP contribution in [0.4, 0.5) is 5.69 Å². The van der Waals surface area contributed by atoms with Gasteiger partial charge < -0.3 is 24.4 Å². The van der Waals surface area contributed by atoms with Gasteiger partial charge in [0.25, 0.3) is 11.5 Å². The Hall–Kier alpha value is -4.68. The van der Waals surface area contributed by atoms with E-state index in [2.05, 4.69) is 38.0 Å². The zero-order chi connectivity index (χ0) is 39.2. The number of aromatic nitrogens is 2. The molecule has 4 heterocycles. The molecule has 288 valence electrons. The number of hydrogen-bond acceptors (Lipinski definition) is 7.